The maximum absolute atomic E-state index is 11.4. The number of ether oxygens (including phenoxy) is 1. The third kappa shape index (κ3) is 1.68. The Bertz CT molecular complexity index is 504. The van der Waals surface area contributed by atoms with Crippen LogP contribution >= 0.6 is 11.3 Å². The molecule has 1 aromatic heterocycles. The summed E-state index contributed by atoms with van der Waals surface area (Å²) >= 11 is 1.44. The molecule has 3 nitrogen and oxygen atoms in total. The van der Waals surface area contributed by atoms with E-state index in [4.69, 9.17) is 4.74 Å². The Morgan fingerprint density at radius 3 is 2.93 bits per heavy atom. The molecule has 0 unspecified atom stereocenters. The van der Waals surface area contributed by atoms with Gasteiger partial charge in [0.15, 0.2) is 0 Å². The van der Waals surface area contributed by atoms with Crippen LogP contribution in [0.5, 0.6) is 0 Å². The number of methoxy groups -OCH3 is 1. The molecule has 0 bridgehead atoms. The van der Waals surface area contributed by atoms with Crippen molar-refractivity contribution < 1.29 is 9.53 Å². The Kier molecular flexibility index (Phi) is 2.60. The summed E-state index contributed by atoms with van der Waals surface area (Å²) in [6, 6.07) is 7.80. The summed E-state index contributed by atoms with van der Waals surface area (Å²) in [6.45, 7) is 0. The molecule has 2 rings (SSSR count). The first-order valence-electron chi connectivity index (χ1n) is 4.55. The van der Waals surface area contributed by atoms with Gasteiger partial charge in [-0.3, -0.25) is 0 Å². The van der Waals surface area contributed by atoms with Gasteiger partial charge in [-0.1, -0.05) is 6.07 Å². The van der Waals surface area contributed by atoms with E-state index in [2.05, 4.69) is 5.32 Å². The Morgan fingerprint density at radius 1 is 1.47 bits per heavy atom. The Balaban J connectivity index is 2.60. The molecule has 0 radical (unpaired) electrons. The number of fused-ring (bicyclic) bond motifs is 1. The minimum atomic E-state index is -0.279. The second-order valence-electron chi connectivity index (χ2n) is 3.07. The van der Waals surface area contributed by atoms with E-state index >= 15 is 0 Å². The number of benzene rings is 1. The van der Waals surface area contributed by atoms with Crippen molar-refractivity contribution in [1.82, 2.24) is 0 Å². The average molecular weight is 221 g/mol. The first-order valence-corrected chi connectivity index (χ1v) is 5.36. The van der Waals surface area contributed by atoms with E-state index < -0.39 is 0 Å². The van der Waals surface area contributed by atoms with Crippen molar-refractivity contribution in [2.45, 2.75) is 0 Å². The molecule has 0 aliphatic carbocycles. The van der Waals surface area contributed by atoms with Crippen LogP contribution in [0.4, 0.5) is 5.69 Å². The number of thiophene rings is 1. The number of hydrogen-bond acceptors (Lipinski definition) is 4. The van der Waals surface area contributed by atoms with Crippen molar-refractivity contribution in [3.63, 3.8) is 0 Å². The highest BCUT2D eigenvalue weighted by atomic mass is 32.1. The van der Waals surface area contributed by atoms with E-state index in [0.29, 0.717) is 4.88 Å². The van der Waals surface area contributed by atoms with E-state index in [0.717, 1.165) is 15.8 Å². The summed E-state index contributed by atoms with van der Waals surface area (Å²) in [4.78, 5) is 12.0. The summed E-state index contributed by atoms with van der Waals surface area (Å²) in [5, 5.41) is 4.16. The minimum Gasteiger partial charge on any atom is -0.465 e. The van der Waals surface area contributed by atoms with E-state index in [9.17, 15) is 4.79 Å². The van der Waals surface area contributed by atoms with Crippen LogP contribution in [0.3, 0.4) is 0 Å². The monoisotopic (exact) mass is 221 g/mol. The lowest BCUT2D eigenvalue weighted by atomic mass is 10.2. The molecule has 0 saturated heterocycles. The molecular weight excluding hydrogens is 210 g/mol. The van der Waals surface area contributed by atoms with Gasteiger partial charge < -0.3 is 10.1 Å². The van der Waals surface area contributed by atoms with Crippen LogP contribution in [-0.2, 0) is 4.74 Å². The van der Waals surface area contributed by atoms with Gasteiger partial charge in [0.1, 0.15) is 4.88 Å². The molecule has 0 aliphatic rings. The zero-order valence-corrected chi connectivity index (χ0v) is 9.35. The summed E-state index contributed by atoms with van der Waals surface area (Å²) in [5.74, 6) is -0.279. The summed E-state index contributed by atoms with van der Waals surface area (Å²) < 4.78 is 5.78. The normalized spacial score (nSPS) is 10.3. The summed E-state index contributed by atoms with van der Waals surface area (Å²) in [5.41, 5.74) is 1.03. The lowest BCUT2D eigenvalue weighted by molar-refractivity contribution is 0.0606. The quantitative estimate of drug-likeness (QED) is 0.792. The van der Waals surface area contributed by atoms with Gasteiger partial charge in [0, 0.05) is 22.8 Å². The average Bonchev–Trinajstić information content (AvgIpc) is 2.71. The highest BCUT2D eigenvalue weighted by Crippen LogP contribution is 2.31. The molecular formula is C11H11NO2S. The van der Waals surface area contributed by atoms with Crippen molar-refractivity contribution in [1.29, 1.82) is 0 Å². The van der Waals surface area contributed by atoms with Gasteiger partial charge in [0.25, 0.3) is 0 Å². The van der Waals surface area contributed by atoms with Crippen LogP contribution in [0.2, 0.25) is 0 Å². The number of anilines is 1. The topological polar surface area (TPSA) is 38.3 Å². The van der Waals surface area contributed by atoms with E-state index in [-0.39, 0.29) is 5.97 Å². The first-order chi connectivity index (χ1) is 7.26. The largest absolute Gasteiger partial charge is 0.465 e. The number of carbonyl (C=O) groups excluding carboxylic acids is 1. The Labute approximate surface area is 91.7 Å². The van der Waals surface area contributed by atoms with Gasteiger partial charge >= 0.3 is 5.97 Å². The molecule has 0 saturated carbocycles. The van der Waals surface area contributed by atoms with Gasteiger partial charge in [-0.25, -0.2) is 4.79 Å². The third-order valence-electron chi connectivity index (χ3n) is 2.22. The zero-order valence-electron chi connectivity index (χ0n) is 8.53. The molecule has 0 fully saturated rings. The molecule has 2 aromatic rings. The van der Waals surface area contributed by atoms with Crippen molar-refractivity contribution in [2.24, 2.45) is 0 Å². The lowest BCUT2D eigenvalue weighted by Gasteiger charge is -1.99. The molecule has 15 heavy (non-hydrogen) atoms. The highest BCUT2D eigenvalue weighted by Gasteiger charge is 2.11. The predicted molar refractivity (Wildman–Crippen MR) is 62.7 cm³/mol. The second-order valence-corrected chi connectivity index (χ2v) is 4.15. The first kappa shape index (κ1) is 9.98. The highest BCUT2D eigenvalue weighted by molar-refractivity contribution is 7.20. The smallest absolute Gasteiger partial charge is 0.348 e. The minimum absolute atomic E-state index is 0.279. The van der Waals surface area contributed by atoms with Crippen molar-refractivity contribution in [2.75, 3.05) is 19.5 Å². The number of rotatable bonds is 2. The fourth-order valence-corrected chi connectivity index (χ4v) is 2.49. The van der Waals surface area contributed by atoms with Crippen LogP contribution < -0.4 is 5.32 Å². The van der Waals surface area contributed by atoms with Gasteiger partial charge in [-0.05, 0) is 18.2 Å². The van der Waals surface area contributed by atoms with Gasteiger partial charge in [0.2, 0.25) is 0 Å². The van der Waals surface area contributed by atoms with E-state index in [1.54, 1.807) is 0 Å². The van der Waals surface area contributed by atoms with Gasteiger partial charge in [0.05, 0.1) is 7.11 Å². The third-order valence-corrected chi connectivity index (χ3v) is 3.30. The van der Waals surface area contributed by atoms with Crippen LogP contribution in [0.25, 0.3) is 10.1 Å². The van der Waals surface area contributed by atoms with E-state index in [1.165, 1.54) is 18.4 Å². The number of carbonyl (C=O) groups is 1. The van der Waals surface area contributed by atoms with Crippen LogP contribution in [0.1, 0.15) is 9.67 Å². The fourth-order valence-electron chi connectivity index (χ4n) is 1.48. The zero-order chi connectivity index (χ0) is 10.8. The number of esters is 1. The van der Waals surface area contributed by atoms with Crippen LogP contribution in [0.15, 0.2) is 24.3 Å². The Morgan fingerprint density at radius 2 is 2.27 bits per heavy atom. The van der Waals surface area contributed by atoms with Crippen molar-refractivity contribution in [3.8, 4) is 0 Å². The molecule has 1 heterocycles. The molecule has 4 heteroatoms. The number of nitrogens with one attached hydrogen (secondary N) is 1. The molecule has 0 atom stereocenters. The van der Waals surface area contributed by atoms with Gasteiger partial charge in [-0.2, -0.15) is 0 Å². The summed E-state index contributed by atoms with van der Waals surface area (Å²) in [6.07, 6.45) is 0. The summed E-state index contributed by atoms with van der Waals surface area (Å²) in [7, 11) is 3.26. The predicted octanol–water partition coefficient (Wildman–Crippen LogP) is 2.73. The fraction of sp³-hybridized carbons (Fsp3) is 0.182. The molecule has 1 aromatic carbocycles. The SMILES string of the molecule is CNc1cccc2sc(C(=O)OC)cc12. The maximum Gasteiger partial charge on any atom is 0.348 e. The lowest BCUT2D eigenvalue weighted by Crippen LogP contribution is -1.96. The van der Waals surface area contributed by atoms with Crippen molar-refractivity contribution in [3.05, 3.63) is 29.1 Å². The Hall–Kier alpha value is -1.55. The molecule has 0 spiro atoms. The molecule has 1 N–H and O–H groups in total. The van der Waals surface area contributed by atoms with Crippen molar-refractivity contribution >= 4 is 33.1 Å². The standard InChI is InChI=1S/C11H11NO2S/c1-12-8-4-3-5-9-7(8)6-10(15-9)11(13)14-2/h3-6,12H,1-2H3. The maximum atomic E-state index is 11.4. The number of hydrogen-bond donors (Lipinski definition) is 1. The van der Waals surface area contributed by atoms with Crippen LogP contribution in [0, 0.1) is 0 Å². The van der Waals surface area contributed by atoms with Gasteiger partial charge in [-0.15, -0.1) is 11.3 Å². The molecule has 78 valence electrons. The van der Waals surface area contributed by atoms with E-state index in [1.807, 2.05) is 31.3 Å². The molecule has 0 aliphatic heterocycles. The second kappa shape index (κ2) is 3.90. The molecule has 0 amide bonds. The van der Waals surface area contributed by atoms with Crippen LogP contribution in [-0.4, -0.2) is 20.1 Å².